The average Bonchev–Trinajstić information content (AvgIpc) is 3.15. The maximum Gasteiger partial charge on any atom is 0.255 e. The molecule has 0 aliphatic rings. The number of amides is 1. The highest BCUT2D eigenvalue weighted by Gasteiger charge is 2.10. The number of nitrogens with one attached hydrogen (secondary N) is 1. The predicted molar refractivity (Wildman–Crippen MR) is 106 cm³/mol. The summed E-state index contributed by atoms with van der Waals surface area (Å²) in [6, 6.07) is 12.1. The Morgan fingerprint density at radius 1 is 0.897 bits per heavy atom. The second kappa shape index (κ2) is 8.60. The van der Waals surface area contributed by atoms with E-state index in [1.165, 1.54) is 30.3 Å². The van der Waals surface area contributed by atoms with Crippen molar-refractivity contribution in [2.75, 3.05) is 5.32 Å². The summed E-state index contributed by atoms with van der Waals surface area (Å²) >= 11 is 0. The van der Waals surface area contributed by atoms with E-state index in [0.717, 1.165) is 12.1 Å². The van der Waals surface area contributed by atoms with Gasteiger partial charge in [-0.3, -0.25) is 4.79 Å². The Balaban J connectivity index is 0.00000117. The number of benzene rings is 2. The molecule has 0 saturated carbocycles. The first kappa shape index (κ1) is 20.1. The Hall–Kier alpha value is -3.61. The molecule has 7 heteroatoms. The van der Waals surface area contributed by atoms with Crippen LogP contribution in [0.3, 0.4) is 0 Å². The zero-order valence-corrected chi connectivity index (χ0v) is 15.8. The minimum absolute atomic E-state index is 0.324. The number of rotatable bonds is 3. The molecule has 148 valence electrons. The number of anilines is 1. The van der Waals surface area contributed by atoms with Crippen LogP contribution in [0.5, 0.6) is 0 Å². The van der Waals surface area contributed by atoms with Crippen LogP contribution in [0.25, 0.3) is 16.9 Å². The van der Waals surface area contributed by atoms with Crippen molar-refractivity contribution < 1.29 is 18.0 Å². The van der Waals surface area contributed by atoms with Gasteiger partial charge in [0.05, 0.1) is 11.4 Å². The van der Waals surface area contributed by atoms with E-state index >= 15 is 0 Å². The summed E-state index contributed by atoms with van der Waals surface area (Å²) in [5.41, 5.74) is 2.32. The van der Waals surface area contributed by atoms with Crippen molar-refractivity contribution >= 4 is 17.2 Å². The third-order valence-electron chi connectivity index (χ3n) is 4.03. The fourth-order valence-electron chi connectivity index (χ4n) is 2.66. The molecule has 0 aliphatic heterocycles. The van der Waals surface area contributed by atoms with Gasteiger partial charge in [0.15, 0.2) is 11.6 Å². The van der Waals surface area contributed by atoms with Crippen molar-refractivity contribution in [2.45, 2.75) is 13.8 Å². The molecule has 2 aromatic carbocycles. The Kier molecular flexibility index (Phi) is 5.97. The molecule has 0 atom stereocenters. The standard InChI is InChI=1S/C20H12F3N3O.C2H6/c21-14-4-1-12(2-5-14)20(27)24-15-6-8-19-25-18(11-26(19)10-15)13-3-7-16(22)17(23)9-13;1-2/h1-11H,(H,24,27);1-2H3. The van der Waals surface area contributed by atoms with E-state index < -0.39 is 17.5 Å². The van der Waals surface area contributed by atoms with E-state index in [1.54, 1.807) is 28.9 Å². The molecule has 2 aromatic heterocycles. The molecule has 2 heterocycles. The van der Waals surface area contributed by atoms with Crippen molar-refractivity contribution in [3.63, 3.8) is 0 Å². The first-order chi connectivity index (χ1) is 14.0. The smallest absolute Gasteiger partial charge is 0.255 e. The van der Waals surface area contributed by atoms with Gasteiger partial charge in [-0.25, -0.2) is 18.2 Å². The lowest BCUT2D eigenvalue weighted by molar-refractivity contribution is 0.102. The molecule has 4 rings (SSSR count). The van der Waals surface area contributed by atoms with Crippen molar-refractivity contribution in [3.8, 4) is 11.3 Å². The highest BCUT2D eigenvalue weighted by molar-refractivity contribution is 6.04. The molecule has 0 spiro atoms. The molecule has 0 bridgehead atoms. The normalized spacial score (nSPS) is 10.4. The topological polar surface area (TPSA) is 46.4 Å². The summed E-state index contributed by atoms with van der Waals surface area (Å²) in [6.07, 6.45) is 3.29. The summed E-state index contributed by atoms with van der Waals surface area (Å²) in [7, 11) is 0. The van der Waals surface area contributed by atoms with Gasteiger partial charge >= 0.3 is 0 Å². The maximum absolute atomic E-state index is 13.4. The molecule has 0 radical (unpaired) electrons. The number of fused-ring (bicyclic) bond motifs is 1. The molecule has 0 fully saturated rings. The largest absolute Gasteiger partial charge is 0.321 e. The number of imidazole rings is 1. The molecule has 4 aromatic rings. The Labute approximate surface area is 165 Å². The summed E-state index contributed by atoms with van der Waals surface area (Å²) < 4.78 is 41.1. The first-order valence-electron chi connectivity index (χ1n) is 9.01. The summed E-state index contributed by atoms with van der Waals surface area (Å²) in [6.45, 7) is 4.00. The van der Waals surface area contributed by atoms with Crippen molar-refractivity contribution in [1.29, 1.82) is 0 Å². The van der Waals surface area contributed by atoms with Crippen molar-refractivity contribution in [3.05, 3.63) is 90.0 Å². The van der Waals surface area contributed by atoms with E-state index in [-0.39, 0.29) is 5.91 Å². The van der Waals surface area contributed by atoms with Gasteiger partial charge in [0.1, 0.15) is 11.5 Å². The van der Waals surface area contributed by atoms with Gasteiger partial charge < -0.3 is 9.72 Å². The van der Waals surface area contributed by atoms with Crippen LogP contribution in [-0.2, 0) is 0 Å². The molecule has 0 saturated heterocycles. The number of aromatic nitrogens is 2. The lowest BCUT2D eigenvalue weighted by atomic mass is 10.1. The fraction of sp³-hybridized carbons (Fsp3) is 0.0909. The predicted octanol–water partition coefficient (Wildman–Crippen LogP) is 5.70. The Bertz CT molecular complexity index is 1150. The van der Waals surface area contributed by atoms with E-state index in [2.05, 4.69) is 10.3 Å². The van der Waals surface area contributed by atoms with E-state index in [1.807, 2.05) is 13.8 Å². The van der Waals surface area contributed by atoms with Crippen LogP contribution >= 0.6 is 0 Å². The van der Waals surface area contributed by atoms with Gasteiger partial charge in [-0.1, -0.05) is 13.8 Å². The average molecular weight is 397 g/mol. The number of carbonyl (C=O) groups excluding carboxylic acids is 1. The Morgan fingerprint density at radius 2 is 1.62 bits per heavy atom. The zero-order chi connectivity index (χ0) is 21.0. The summed E-state index contributed by atoms with van der Waals surface area (Å²) in [4.78, 5) is 16.6. The van der Waals surface area contributed by atoms with Crippen LogP contribution in [0.2, 0.25) is 0 Å². The molecule has 1 N–H and O–H groups in total. The van der Waals surface area contributed by atoms with Crippen LogP contribution < -0.4 is 5.32 Å². The van der Waals surface area contributed by atoms with E-state index in [0.29, 0.717) is 28.2 Å². The molecule has 0 aliphatic carbocycles. The van der Waals surface area contributed by atoms with E-state index in [9.17, 15) is 18.0 Å². The minimum Gasteiger partial charge on any atom is -0.321 e. The quantitative estimate of drug-likeness (QED) is 0.482. The number of nitrogens with zero attached hydrogens (tertiary/aromatic N) is 2. The second-order valence-corrected chi connectivity index (χ2v) is 5.90. The van der Waals surface area contributed by atoms with Gasteiger partial charge in [-0.15, -0.1) is 0 Å². The van der Waals surface area contributed by atoms with Gasteiger partial charge in [0.2, 0.25) is 0 Å². The lowest BCUT2D eigenvalue weighted by Crippen LogP contribution is -2.12. The van der Waals surface area contributed by atoms with E-state index in [4.69, 9.17) is 0 Å². The number of hydrogen-bond acceptors (Lipinski definition) is 2. The second-order valence-electron chi connectivity index (χ2n) is 5.90. The van der Waals surface area contributed by atoms with Gasteiger partial charge in [-0.2, -0.15) is 0 Å². The molecule has 1 amide bonds. The highest BCUT2D eigenvalue weighted by Crippen LogP contribution is 2.22. The molecular weight excluding hydrogens is 379 g/mol. The van der Waals surface area contributed by atoms with Crippen LogP contribution in [0.15, 0.2) is 67.0 Å². The highest BCUT2D eigenvalue weighted by atomic mass is 19.2. The number of carbonyl (C=O) groups is 1. The first-order valence-corrected chi connectivity index (χ1v) is 9.01. The molecule has 29 heavy (non-hydrogen) atoms. The van der Waals surface area contributed by atoms with Gasteiger partial charge in [0.25, 0.3) is 5.91 Å². The van der Waals surface area contributed by atoms with Crippen LogP contribution in [-0.4, -0.2) is 15.3 Å². The number of hydrogen-bond donors (Lipinski definition) is 1. The van der Waals surface area contributed by atoms with Crippen LogP contribution in [0.4, 0.5) is 18.9 Å². The molecule has 4 nitrogen and oxygen atoms in total. The monoisotopic (exact) mass is 397 g/mol. The number of pyridine rings is 1. The van der Waals surface area contributed by atoms with Gasteiger partial charge in [0, 0.05) is 23.5 Å². The van der Waals surface area contributed by atoms with Gasteiger partial charge in [-0.05, 0) is 54.6 Å². The third kappa shape index (κ3) is 4.45. The zero-order valence-electron chi connectivity index (χ0n) is 15.8. The number of halogens is 3. The van der Waals surface area contributed by atoms with Crippen molar-refractivity contribution in [1.82, 2.24) is 9.38 Å². The molecule has 0 unspecified atom stereocenters. The molecular formula is C22H18F3N3O. The van der Waals surface area contributed by atoms with Crippen molar-refractivity contribution in [2.24, 2.45) is 0 Å². The SMILES string of the molecule is CC.O=C(Nc1ccc2nc(-c3ccc(F)c(F)c3)cn2c1)c1ccc(F)cc1. The minimum atomic E-state index is -0.947. The summed E-state index contributed by atoms with van der Waals surface area (Å²) in [5, 5.41) is 2.72. The third-order valence-corrected chi connectivity index (χ3v) is 4.03. The lowest BCUT2D eigenvalue weighted by Gasteiger charge is -2.05. The van der Waals surface area contributed by atoms with Crippen LogP contribution in [0.1, 0.15) is 24.2 Å². The summed E-state index contributed by atoms with van der Waals surface area (Å²) in [5.74, 6) is -2.67. The Morgan fingerprint density at radius 3 is 2.31 bits per heavy atom. The van der Waals surface area contributed by atoms with Crippen LogP contribution in [0, 0.1) is 17.5 Å². The maximum atomic E-state index is 13.4. The fourth-order valence-corrected chi connectivity index (χ4v) is 2.66.